The summed E-state index contributed by atoms with van der Waals surface area (Å²) in [6.07, 6.45) is 0. The van der Waals surface area contributed by atoms with E-state index < -0.39 is 0 Å². The molecule has 4 nitrogen and oxygen atoms in total. The van der Waals surface area contributed by atoms with Crippen LogP contribution < -0.4 is 0 Å². The number of rotatable bonds is 2. The second-order valence-electron chi connectivity index (χ2n) is 3.30. The molecule has 0 N–H and O–H groups in total. The molecule has 13 heavy (non-hydrogen) atoms. The zero-order valence-corrected chi connectivity index (χ0v) is 8.41. The highest BCUT2D eigenvalue weighted by atomic mass is 16.2. The van der Waals surface area contributed by atoms with Crippen molar-refractivity contribution < 1.29 is 9.59 Å². The van der Waals surface area contributed by atoms with E-state index in [1.165, 1.54) is 4.90 Å². The molecule has 3 amide bonds. The van der Waals surface area contributed by atoms with Crippen molar-refractivity contribution in [1.82, 2.24) is 9.80 Å². The maximum absolute atomic E-state index is 11.6. The maximum atomic E-state index is 11.6. The molecule has 0 saturated carbocycles. The standard InChI is InChI=1S/C9H16N2O2/c1-4-10-6-7(3)8(12)11(5-2)9(10)13/h7H,4-6H2,1-3H3. The first-order valence-electron chi connectivity index (χ1n) is 4.72. The van der Waals surface area contributed by atoms with Crippen LogP contribution in [0.2, 0.25) is 0 Å². The second kappa shape index (κ2) is 3.77. The van der Waals surface area contributed by atoms with Gasteiger partial charge >= 0.3 is 6.03 Å². The molecule has 1 atom stereocenters. The maximum Gasteiger partial charge on any atom is 0.326 e. The predicted octanol–water partition coefficient (Wildman–Crippen LogP) is 0.926. The Balaban J connectivity index is 2.81. The first kappa shape index (κ1) is 10.0. The third-order valence-corrected chi connectivity index (χ3v) is 2.38. The molecule has 0 aromatic carbocycles. The van der Waals surface area contributed by atoms with Crippen molar-refractivity contribution in [3.8, 4) is 0 Å². The van der Waals surface area contributed by atoms with Gasteiger partial charge in [0, 0.05) is 19.6 Å². The van der Waals surface area contributed by atoms with Crippen LogP contribution >= 0.6 is 0 Å². The molecule has 74 valence electrons. The van der Waals surface area contributed by atoms with Crippen LogP contribution in [0, 0.1) is 5.92 Å². The Morgan fingerprint density at radius 1 is 1.31 bits per heavy atom. The van der Waals surface area contributed by atoms with E-state index in [0.29, 0.717) is 19.6 Å². The number of nitrogens with zero attached hydrogens (tertiary/aromatic N) is 2. The average Bonchev–Trinajstić information content (AvgIpc) is 2.12. The van der Waals surface area contributed by atoms with Crippen LogP contribution in [-0.2, 0) is 4.79 Å². The SMILES string of the molecule is CCN1CC(C)C(=O)N(CC)C1=O. The molecular weight excluding hydrogens is 168 g/mol. The van der Waals surface area contributed by atoms with E-state index in [2.05, 4.69) is 0 Å². The molecular formula is C9H16N2O2. The molecule has 1 saturated heterocycles. The summed E-state index contributed by atoms with van der Waals surface area (Å²) in [4.78, 5) is 26.1. The van der Waals surface area contributed by atoms with Crippen molar-refractivity contribution in [2.24, 2.45) is 5.92 Å². The summed E-state index contributed by atoms with van der Waals surface area (Å²) >= 11 is 0. The monoisotopic (exact) mass is 184 g/mol. The summed E-state index contributed by atoms with van der Waals surface area (Å²) in [6.45, 7) is 7.31. The van der Waals surface area contributed by atoms with Crippen LogP contribution in [0.1, 0.15) is 20.8 Å². The van der Waals surface area contributed by atoms with E-state index in [4.69, 9.17) is 0 Å². The fourth-order valence-corrected chi connectivity index (χ4v) is 1.57. The lowest BCUT2D eigenvalue weighted by Gasteiger charge is -2.36. The van der Waals surface area contributed by atoms with Crippen molar-refractivity contribution in [1.29, 1.82) is 0 Å². The number of hydrogen-bond acceptors (Lipinski definition) is 2. The molecule has 0 radical (unpaired) electrons. The first-order valence-corrected chi connectivity index (χ1v) is 4.72. The Bertz CT molecular complexity index is 228. The van der Waals surface area contributed by atoms with Crippen LogP contribution in [0.5, 0.6) is 0 Å². The lowest BCUT2D eigenvalue weighted by atomic mass is 10.1. The minimum atomic E-state index is -0.145. The Morgan fingerprint density at radius 2 is 1.92 bits per heavy atom. The molecule has 0 bridgehead atoms. The van der Waals surface area contributed by atoms with E-state index in [9.17, 15) is 9.59 Å². The third kappa shape index (κ3) is 1.66. The highest BCUT2D eigenvalue weighted by Crippen LogP contribution is 2.14. The van der Waals surface area contributed by atoms with Gasteiger partial charge in [0.25, 0.3) is 0 Å². The zero-order chi connectivity index (χ0) is 10.0. The molecule has 1 fully saturated rings. The van der Waals surface area contributed by atoms with Crippen molar-refractivity contribution >= 4 is 11.9 Å². The molecule has 0 aromatic heterocycles. The van der Waals surface area contributed by atoms with Gasteiger partial charge in [-0.25, -0.2) is 4.79 Å². The van der Waals surface area contributed by atoms with Crippen molar-refractivity contribution in [3.05, 3.63) is 0 Å². The molecule has 1 aliphatic rings. The molecule has 0 spiro atoms. The quantitative estimate of drug-likeness (QED) is 0.640. The number of amides is 3. The summed E-state index contributed by atoms with van der Waals surface area (Å²) in [5.74, 6) is -0.102. The van der Waals surface area contributed by atoms with E-state index in [0.717, 1.165) is 0 Å². The molecule has 1 unspecified atom stereocenters. The zero-order valence-electron chi connectivity index (χ0n) is 8.41. The predicted molar refractivity (Wildman–Crippen MR) is 49.2 cm³/mol. The fraction of sp³-hybridized carbons (Fsp3) is 0.778. The van der Waals surface area contributed by atoms with Crippen LogP contribution in [0.25, 0.3) is 0 Å². The van der Waals surface area contributed by atoms with Gasteiger partial charge in [-0.3, -0.25) is 9.69 Å². The van der Waals surface area contributed by atoms with Gasteiger partial charge in [-0.1, -0.05) is 6.92 Å². The molecule has 1 rings (SSSR count). The minimum Gasteiger partial charge on any atom is -0.324 e. The topological polar surface area (TPSA) is 40.6 Å². The molecule has 0 aliphatic carbocycles. The van der Waals surface area contributed by atoms with Gasteiger partial charge in [-0.2, -0.15) is 0 Å². The molecule has 0 aromatic rings. The minimum absolute atomic E-state index is 0.0443. The van der Waals surface area contributed by atoms with Gasteiger partial charge in [0.15, 0.2) is 0 Å². The van der Waals surface area contributed by atoms with Crippen molar-refractivity contribution in [3.63, 3.8) is 0 Å². The van der Waals surface area contributed by atoms with Crippen LogP contribution in [0.15, 0.2) is 0 Å². The normalized spacial score (nSPS) is 24.1. The Labute approximate surface area is 78.5 Å². The van der Waals surface area contributed by atoms with E-state index in [1.807, 2.05) is 20.8 Å². The summed E-state index contributed by atoms with van der Waals surface area (Å²) in [7, 11) is 0. The van der Waals surface area contributed by atoms with Gasteiger partial charge in [-0.05, 0) is 13.8 Å². The van der Waals surface area contributed by atoms with Gasteiger partial charge in [0.2, 0.25) is 5.91 Å². The summed E-state index contributed by atoms with van der Waals surface area (Å²) < 4.78 is 0. The van der Waals surface area contributed by atoms with Gasteiger partial charge in [-0.15, -0.1) is 0 Å². The average molecular weight is 184 g/mol. The lowest BCUT2D eigenvalue weighted by Crippen LogP contribution is -2.55. The number of imide groups is 1. The fourth-order valence-electron chi connectivity index (χ4n) is 1.57. The van der Waals surface area contributed by atoms with Gasteiger partial charge in [0.05, 0.1) is 5.92 Å². The third-order valence-electron chi connectivity index (χ3n) is 2.38. The van der Waals surface area contributed by atoms with Gasteiger partial charge < -0.3 is 4.90 Å². The van der Waals surface area contributed by atoms with E-state index in [-0.39, 0.29) is 17.9 Å². The first-order chi connectivity index (χ1) is 6.11. The Kier molecular flexibility index (Phi) is 2.90. The lowest BCUT2D eigenvalue weighted by molar-refractivity contribution is -0.135. The van der Waals surface area contributed by atoms with Crippen LogP contribution in [0.4, 0.5) is 4.79 Å². The van der Waals surface area contributed by atoms with E-state index >= 15 is 0 Å². The summed E-state index contributed by atoms with van der Waals surface area (Å²) in [5, 5.41) is 0. The van der Waals surface area contributed by atoms with Gasteiger partial charge in [0.1, 0.15) is 0 Å². The second-order valence-corrected chi connectivity index (χ2v) is 3.30. The smallest absolute Gasteiger partial charge is 0.324 e. The largest absolute Gasteiger partial charge is 0.326 e. The number of carbonyl (C=O) groups excluding carboxylic acids is 2. The number of carbonyl (C=O) groups is 2. The number of hydrogen-bond donors (Lipinski definition) is 0. The highest BCUT2D eigenvalue weighted by Gasteiger charge is 2.34. The van der Waals surface area contributed by atoms with Crippen molar-refractivity contribution in [2.75, 3.05) is 19.6 Å². The summed E-state index contributed by atoms with van der Waals surface area (Å²) in [6, 6.07) is -0.145. The Hall–Kier alpha value is -1.06. The van der Waals surface area contributed by atoms with Crippen LogP contribution in [0.3, 0.4) is 0 Å². The van der Waals surface area contributed by atoms with Crippen molar-refractivity contribution in [2.45, 2.75) is 20.8 Å². The molecule has 1 heterocycles. The molecule has 4 heteroatoms. The molecule has 1 aliphatic heterocycles. The van der Waals surface area contributed by atoms with E-state index in [1.54, 1.807) is 4.90 Å². The summed E-state index contributed by atoms with van der Waals surface area (Å²) in [5.41, 5.74) is 0. The number of urea groups is 1. The Morgan fingerprint density at radius 3 is 2.38 bits per heavy atom. The van der Waals surface area contributed by atoms with Crippen LogP contribution in [-0.4, -0.2) is 41.4 Å². The highest BCUT2D eigenvalue weighted by molar-refractivity contribution is 5.97.